The number of rotatable bonds is 11. The van der Waals surface area contributed by atoms with Gasteiger partial charge >= 0.3 is 5.97 Å². The largest absolute Gasteiger partial charge is 0.489 e. The third-order valence-electron chi connectivity index (χ3n) is 5.11. The van der Waals surface area contributed by atoms with Crippen LogP contribution in [-0.2, 0) is 16.0 Å². The van der Waals surface area contributed by atoms with Gasteiger partial charge in [-0.3, -0.25) is 4.79 Å². The lowest BCUT2D eigenvalue weighted by molar-refractivity contribution is -0.152. The lowest BCUT2D eigenvalue weighted by atomic mass is 10.1. The van der Waals surface area contributed by atoms with E-state index in [1.54, 1.807) is 30.0 Å². The monoisotopic (exact) mass is 439 g/mol. The summed E-state index contributed by atoms with van der Waals surface area (Å²) < 4.78 is 11.8. The minimum atomic E-state index is -1.44. The third-order valence-corrected chi connectivity index (χ3v) is 5.11. The second-order valence-corrected chi connectivity index (χ2v) is 8.01. The predicted octanol–water partition coefficient (Wildman–Crippen LogP) is 4.82. The summed E-state index contributed by atoms with van der Waals surface area (Å²) in [6, 6.07) is 15.3. The summed E-state index contributed by atoms with van der Waals surface area (Å²) in [6.07, 6.45) is 2.48. The van der Waals surface area contributed by atoms with Crippen LogP contribution in [0.15, 0.2) is 54.1 Å². The van der Waals surface area contributed by atoms with E-state index in [1.807, 2.05) is 50.2 Å². The second kappa shape index (κ2) is 11.4. The summed E-state index contributed by atoms with van der Waals surface area (Å²) in [4.78, 5) is 25.9. The molecule has 0 atom stereocenters. The van der Waals surface area contributed by atoms with E-state index in [0.717, 1.165) is 11.1 Å². The Bertz CT molecular complexity index is 946. The molecule has 2 aromatic carbocycles. The summed E-state index contributed by atoms with van der Waals surface area (Å²) >= 11 is 0. The van der Waals surface area contributed by atoms with Gasteiger partial charge < -0.3 is 19.5 Å². The van der Waals surface area contributed by atoms with Gasteiger partial charge in [0, 0.05) is 25.1 Å². The molecule has 0 heterocycles. The zero-order valence-corrected chi connectivity index (χ0v) is 19.6. The molecule has 0 aliphatic heterocycles. The van der Waals surface area contributed by atoms with Crippen molar-refractivity contribution in [1.82, 2.24) is 4.90 Å². The molecule has 6 nitrogen and oxygen atoms in total. The van der Waals surface area contributed by atoms with Crippen LogP contribution >= 0.6 is 0 Å². The number of carboxylic acids is 1. The first-order chi connectivity index (χ1) is 15.2. The molecule has 0 saturated heterocycles. The van der Waals surface area contributed by atoms with E-state index >= 15 is 0 Å². The highest BCUT2D eigenvalue weighted by atomic mass is 16.5. The fourth-order valence-electron chi connectivity index (χ4n) is 3.13. The molecule has 0 aliphatic rings. The Hall–Kier alpha value is -3.28. The van der Waals surface area contributed by atoms with Crippen LogP contribution in [0.5, 0.6) is 11.5 Å². The Morgan fingerprint density at radius 3 is 2.28 bits per heavy atom. The van der Waals surface area contributed by atoms with Crippen LogP contribution in [-0.4, -0.2) is 47.2 Å². The third kappa shape index (κ3) is 6.87. The Morgan fingerprint density at radius 2 is 1.69 bits per heavy atom. The Balaban J connectivity index is 2.28. The van der Waals surface area contributed by atoms with E-state index in [9.17, 15) is 14.7 Å². The number of carboxylic acid groups (broad SMARTS) is 1. The average Bonchev–Trinajstić information content (AvgIpc) is 2.76. The Kier molecular flexibility index (Phi) is 8.88. The molecule has 172 valence electrons. The fourth-order valence-corrected chi connectivity index (χ4v) is 3.13. The first kappa shape index (κ1) is 25.0. The van der Waals surface area contributed by atoms with Gasteiger partial charge in [-0.05, 0) is 64.0 Å². The average molecular weight is 440 g/mol. The van der Waals surface area contributed by atoms with Crippen molar-refractivity contribution in [1.29, 1.82) is 0 Å². The van der Waals surface area contributed by atoms with Crippen LogP contribution in [0, 0.1) is 0 Å². The first-order valence-corrected chi connectivity index (χ1v) is 10.9. The Morgan fingerprint density at radius 1 is 1.03 bits per heavy atom. The summed E-state index contributed by atoms with van der Waals surface area (Å²) in [7, 11) is 0. The number of hydrogen-bond acceptors (Lipinski definition) is 4. The van der Waals surface area contributed by atoms with Gasteiger partial charge in [-0.2, -0.15) is 0 Å². The molecular formula is C26H33NO5. The van der Waals surface area contributed by atoms with Gasteiger partial charge in [0.05, 0.1) is 6.61 Å². The highest BCUT2D eigenvalue weighted by molar-refractivity contribution is 5.97. The highest BCUT2D eigenvalue weighted by Crippen LogP contribution is 2.32. The second-order valence-electron chi connectivity index (χ2n) is 8.01. The van der Waals surface area contributed by atoms with Crippen LogP contribution in [0.3, 0.4) is 0 Å². The van der Waals surface area contributed by atoms with Crippen LogP contribution in [0.1, 0.15) is 45.7 Å². The van der Waals surface area contributed by atoms with Crippen molar-refractivity contribution in [3.8, 4) is 11.5 Å². The molecule has 0 fully saturated rings. The van der Waals surface area contributed by atoms with E-state index in [0.29, 0.717) is 43.2 Å². The van der Waals surface area contributed by atoms with E-state index < -0.39 is 11.6 Å². The van der Waals surface area contributed by atoms with Gasteiger partial charge in [0.15, 0.2) is 17.1 Å². The van der Waals surface area contributed by atoms with E-state index in [1.165, 1.54) is 13.8 Å². The molecule has 0 aromatic heterocycles. The van der Waals surface area contributed by atoms with E-state index in [4.69, 9.17) is 9.47 Å². The quantitative estimate of drug-likeness (QED) is 0.508. The van der Waals surface area contributed by atoms with Crippen molar-refractivity contribution >= 4 is 18.0 Å². The van der Waals surface area contributed by atoms with Crippen LogP contribution in [0.2, 0.25) is 0 Å². The fraction of sp³-hybridized carbons (Fsp3) is 0.385. The molecule has 0 saturated carbocycles. The highest BCUT2D eigenvalue weighted by Gasteiger charge is 2.30. The normalized spacial score (nSPS) is 11.7. The molecule has 0 bridgehead atoms. The van der Waals surface area contributed by atoms with Gasteiger partial charge in [-0.25, -0.2) is 4.79 Å². The molecule has 0 unspecified atom stereocenters. The van der Waals surface area contributed by atoms with Gasteiger partial charge in [0.2, 0.25) is 5.91 Å². The number of amides is 1. The van der Waals surface area contributed by atoms with Crippen molar-refractivity contribution in [2.75, 3.05) is 19.7 Å². The predicted molar refractivity (Wildman–Crippen MR) is 126 cm³/mol. The molecule has 1 N–H and O–H groups in total. The summed E-state index contributed by atoms with van der Waals surface area (Å²) in [6.45, 7) is 10.3. The summed E-state index contributed by atoms with van der Waals surface area (Å²) in [5, 5.41) is 9.49. The number of likely N-dealkylation sites (N-methyl/N-ethyl adjacent to an activating group) is 1. The van der Waals surface area contributed by atoms with Crippen LogP contribution < -0.4 is 9.47 Å². The molecule has 0 spiro atoms. The number of aliphatic carboxylic acids is 1. The zero-order chi connectivity index (χ0) is 23.7. The standard InChI is InChI=1S/C26H33NO5/c1-6-27(7-2)24(28)19(3)17-21-13-14-22(23(18-21)32-26(4,5)25(29)30)31-16-15-20-11-9-8-10-12-20/h8-14,17-18H,6-7,15-16H2,1-5H3,(H,29,30)/b19-17-. The molecule has 2 rings (SSSR count). The molecule has 2 aromatic rings. The number of carbonyl (C=O) groups is 2. The maximum Gasteiger partial charge on any atom is 0.347 e. The molecule has 0 aliphatic carbocycles. The van der Waals surface area contributed by atoms with Gasteiger partial charge in [0.25, 0.3) is 0 Å². The SMILES string of the molecule is CCN(CC)C(=O)/C(C)=C\c1ccc(OCCc2ccccc2)c(OC(C)(C)C(=O)O)c1. The van der Waals surface area contributed by atoms with Crippen molar-refractivity contribution in [3.63, 3.8) is 0 Å². The molecular weight excluding hydrogens is 406 g/mol. The van der Waals surface area contributed by atoms with Gasteiger partial charge in [-0.15, -0.1) is 0 Å². The van der Waals surface area contributed by atoms with Crippen molar-refractivity contribution in [2.24, 2.45) is 0 Å². The molecule has 0 radical (unpaired) electrons. The molecule has 32 heavy (non-hydrogen) atoms. The summed E-state index contributed by atoms with van der Waals surface area (Å²) in [5.74, 6) is -0.337. The van der Waals surface area contributed by atoms with Crippen LogP contribution in [0.25, 0.3) is 6.08 Å². The summed E-state index contributed by atoms with van der Waals surface area (Å²) in [5.41, 5.74) is 1.03. The lowest BCUT2D eigenvalue weighted by Crippen LogP contribution is -2.38. The number of hydrogen-bond donors (Lipinski definition) is 1. The maximum absolute atomic E-state index is 12.6. The number of carbonyl (C=O) groups excluding carboxylic acids is 1. The van der Waals surface area contributed by atoms with Crippen molar-refractivity contribution in [3.05, 3.63) is 65.2 Å². The maximum atomic E-state index is 12.6. The smallest absolute Gasteiger partial charge is 0.347 e. The zero-order valence-electron chi connectivity index (χ0n) is 19.6. The Labute approximate surface area is 190 Å². The minimum Gasteiger partial charge on any atom is -0.489 e. The number of ether oxygens (including phenoxy) is 2. The lowest BCUT2D eigenvalue weighted by Gasteiger charge is -2.24. The van der Waals surface area contributed by atoms with Gasteiger partial charge in [0.1, 0.15) is 0 Å². The minimum absolute atomic E-state index is 0.0356. The van der Waals surface area contributed by atoms with Crippen LogP contribution in [0.4, 0.5) is 0 Å². The number of benzene rings is 2. The first-order valence-electron chi connectivity index (χ1n) is 10.9. The topological polar surface area (TPSA) is 76.1 Å². The number of nitrogens with zero attached hydrogens (tertiary/aromatic N) is 1. The molecule has 1 amide bonds. The van der Waals surface area contributed by atoms with E-state index in [2.05, 4.69) is 0 Å². The van der Waals surface area contributed by atoms with Crippen molar-refractivity contribution < 1.29 is 24.2 Å². The van der Waals surface area contributed by atoms with Crippen molar-refractivity contribution in [2.45, 2.75) is 46.6 Å². The van der Waals surface area contributed by atoms with Gasteiger partial charge in [-0.1, -0.05) is 36.4 Å². The van der Waals surface area contributed by atoms with E-state index in [-0.39, 0.29) is 5.91 Å². The molecule has 6 heteroatoms.